The van der Waals surface area contributed by atoms with Crippen molar-refractivity contribution < 1.29 is 14.3 Å². The quantitative estimate of drug-likeness (QED) is 0.367. The highest BCUT2D eigenvalue weighted by molar-refractivity contribution is 5.94. The Morgan fingerprint density at radius 1 is 0.912 bits per heavy atom. The van der Waals surface area contributed by atoms with Gasteiger partial charge in [-0.25, -0.2) is 4.68 Å². The predicted molar refractivity (Wildman–Crippen MR) is 134 cm³/mol. The third-order valence-corrected chi connectivity index (χ3v) is 5.81. The van der Waals surface area contributed by atoms with Crippen LogP contribution in [0.5, 0.6) is 11.5 Å². The Labute approximate surface area is 200 Å². The Balaban J connectivity index is 1.60. The lowest BCUT2D eigenvalue weighted by atomic mass is 10.1. The molecule has 1 aromatic heterocycles. The summed E-state index contributed by atoms with van der Waals surface area (Å²) in [5, 5.41) is 4.78. The van der Waals surface area contributed by atoms with Crippen LogP contribution in [0.3, 0.4) is 0 Å². The molecule has 0 atom stereocenters. The summed E-state index contributed by atoms with van der Waals surface area (Å²) >= 11 is 0. The van der Waals surface area contributed by atoms with Gasteiger partial charge in [0, 0.05) is 19.2 Å². The maximum atomic E-state index is 13.5. The van der Waals surface area contributed by atoms with Gasteiger partial charge in [0.05, 0.1) is 25.6 Å². The van der Waals surface area contributed by atoms with Crippen LogP contribution in [0.25, 0.3) is 16.9 Å². The molecule has 6 nitrogen and oxygen atoms in total. The first kappa shape index (κ1) is 23.1. The topological polar surface area (TPSA) is 56.6 Å². The average Bonchev–Trinajstić information content (AvgIpc) is 3.33. The van der Waals surface area contributed by atoms with Gasteiger partial charge in [-0.1, -0.05) is 54.1 Å². The van der Waals surface area contributed by atoms with Crippen molar-refractivity contribution in [3.05, 3.63) is 95.7 Å². The van der Waals surface area contributed by atoms with Gasteiger partial charge in [-0.15, -0.1) is 0 Å². The van der Waals surface area contributed by atoms with Crippen molar-refractivity contribution in [3.8, 4) is 28.4 Å². The average molecular weight is 456 g/mol. The number of nitrogens with zero attached hydrogens (tertiary/aromatic N) is 3. The summed E-state index contributed by atoms with van der Waals surface area (Å²) in [5.41, 5.74) is 5.32. The molecule has 3 aromatic carbocycles. The van der Waals surface area contributed by atoms with Gasteiger partial charge in [0.1, 0.15) is 5.69 Å². The van der Waals surface area contributed by atoms with Gasteiger partial charge in [-0.2, -0.15) is 5.10 Å². The molecule has 34 heavy (non-hydrogen) atoms. The molecular weight excluding hydrogens is 426 g/mol. The lowest BCUT2D eigenvalue weighted by Gasteiger charge is -2.18. The Bertz CT molecular complexity index is 1260. The SMILES string of the molecule is COc1ccc(CCN(C)C(=O)c2cc(-c3ccccc3)nn2-c2ccc(C)cc2)cc1OC. The lowest BCUT2D eigenvalue weighted by molar-refractivity contribution is 0.0787. The summed E-state index contributed by atoms with van der Waals surface area (Å²) in [6.45, 7) is 2.59. The minimum absolute atomic E-state index is 0.0873. The van der Waals surface area contributed by atoms with E-state index in [4.69, 9.17) is 14.6 Å². The number of ether oxygens (including phenoxy) is 2. The number of hydrogen-bond acceptors (Lipinski definition) is 4. The molecule has 0 radical (unpaired) electrons. The van der Waals surface area contributed by atoms with Crippen molar-refractivity contribution in [2.24, 2.45) is 0 Å². The number of carbonyl (C=O) groups is 1. The number of aryl methyl sites for hydroxylation is 1. The first-order chi connectivity index (χ1) is 16.5. The van der Waals surface area contributed by atoms with Crippen LogP contribution in [-0.2, 0) is 6.42 Å². The summed E-state index contributed by atoms with van der Waals surface area (Å²) in [5.74, 6) is 1.28. The highest BCUT2D eigenvalue weighted by atomic mass is 16.5. The van der Waals surface area contributed by atoms with E-state index in [0.717, 1.165) is 28.1 Å². The fourth-order valence-electron chi connectivity index (χ4n) is 3.80. The molecule has 0 spiro atoms. The maximum absolute atomic E-state index is 13.5. The molecule has 6 heteroatoms. The van der Waals surface area contributed by atoms with Crippen molar-refractivity contribution in [2.45, 2.75) is 13.3 Å². The third kappa shape index (κ3) is 4.96. The predicted octanol–water partition coefficient (Wildman–Crippen LogP) is 5.18. The molecule has 0 saturated carbocycles. The number of carbonyl (C=O) groups excluding carboxylic acids is 1. The number of rotatable bonds is 8. The van der Waals surface area contributed by atoms with Crippen molar-refractivity contribution in [3.63, 3.8) is 0 Å². The van der Waals surface area contributed by atoms with E-state index in [1.807, 2.05) is 92.8 Å². The summed E-state index contributed by atoms with van der Waals surface area (Å²) < 4.78 is 12.4. The van der Waals surface area contributed by atoms with Gasteiger partial charge >= 0.3 is 0 Å². The lowest BCUT2D eigenvalue weighted by Crippen LogP contribution is -2.30. The van der Waals surface area contributed by atoms with Gasteiger partial charge < -0.3 is 14.4 Å². The Morgan fingerprint density at radius 3 is 2.29 bits per heavy atom. The monoisotopic (exact) mass is 455 g/mol. The van der Waals surface area contributed by atoms with Crippen LogP contribution in [0.2, 0.25) is 0 Å². The summed E-state index contributed by atoms with van der Waals surface area (Å²) in [6, 6.07) is 25.6. The Kier molecular flexibility index (Phi) is 6.97. The van der Waals surface area contributed by atoms with E-state index in [1.54, 1.807) is 23.8 Å². The highest BCUT2D eigenvalue weighted by Gasteiger charge is 2.21. The van der Waals surface area contributed by atoms with E-state index in [2.05, 4.69) is 0 Å². The number of amides is 1. The van der Waals surface area contributed by atoms with E-state index in [-0.39, 0.29) is 5.91 Å². The molecule has 4 rings (SSSR count). The number of benzene rings is 3. The maximum Gasteiger partial charge on any atom is 0.272 e. The molecule has 0 unspecified atom stereocenters. The molecule has 0 bridgehead atoms. The third-order valence-electron chi connectivity index (χ3n) is 5.81. The molecule has 0 aliphatic rings. The van der Waals surface area contributed by atoms with Crippen LogP contribution >= 0.6 is 0 Å². The van der Waals surface area contributed by atoms with Gasteiger partial charge in [0.25, 0.3) is 5.91 Å². The largest absolute Gasteiger partial charge is 0.493 e. The fraction of sp³-hybridized carbons (Fsp3) is 0.214. The second-order valence-corrected chi connectivity index (χ2v) is 8.19. The van der Waals surface area contributed by atoms with Gasteiger partial charge in [-0.05, 0) is 49.2 Å². The number of likely N-dealkylation sites (N-methyl/N-ethyl adjacent to an activating group) is 1. The molecule has 1 heterocycles. The first-order valence-corrected chi connectivity index (χ1v) is 11.2. The van der Waals surface area contributed by atoms with Crippen LogP contribution in [0, 0.1) is 6.92 Å². The number of hydrogen-bond donors (Lipinski definition) is 0. The van der Waals surface area contributed by atoms with Crippen LogP contribution in [0.15, 0.2) is 78.9 Å². The van der Waals surface area contributed by atoms with Crippen LogP contribution in [0.4, 0.5) is 0 Å². The molecule has 1 amide bonds. The van der Waals surface area contributed by atoms with E-state index in [9.17, 15) is 4.79 Å². The second kappa shape index (κ2) is 10.3. The molecule has 0 aliphatic heterocycles. The zero-order valence-corrected chi connectivity index (χ0v) is 20.0. The van der Waals surface area contributed by atoms with Crippen LogP contribution in [0.1, 0.15) is 21.6 Å². The molecule has 0 saturated heterocycles. The van der Waals surface area contributed by atoms with Crippen molar-refractivity contribution >= 4 is 5.91 Å². The number of aromatic nitrogens is 2. The second-order valence-electron chi connectivity index (χ2n) is 8.19. The zero-order chi connectivity index (χ0) is 24.1. The molecule has 174 valence electrons. The van der Waals surface area contributed by atoms with E-state index in [1.165, 1.54) is 0 Å². The van der Waals surface area contributed by atoms with Gasteiger partial charge in [-0.3, -0.25) is 4.79 Å². The van der Waals surface area contributed by atoms with Crippen LogP contribution in [-0.4, -0.2) is 48.4 Å². The summed E-state index contributed by atoms with van der Waals surface area (Å²) in [6.07, 6.45) is 0.687. The van der Waals surface area contributed by atoms with E-state index in [0.29, 0.717) is 30.2 Å². The minimum Gasteiger partial charge on any atom is -0.493 e. The fourth-order valence-corrected chi connectivity index (χ4v) is 3.80. The minimum atomic E-state index is -0.0873. The first-order valence-electron chi connectivity index (χ1n) is 11.2. The van der Waals surface area contributed by atoms with Crippen LogP contribution < -0.4 is 9.47 Å². The van der Waals surface area contributed by atoms with Crippen molar-refractivity contribution in [2.75, 3.05) is 27.8 Å². The van der Waals surface area contributed by atoms with E-state index < -0.39 is 0 Å². The molecule has 0 aliphatic carbocycles. The zero-order valence-electron chi connectivity index (χ0n) is 20.0. The summed E-state index contributed by atoms with van der Waals surface area (Å²) in [4.78, 5) is 15.2. The standard InChI is InChI=1S/C28H29N3O3/c1-20-10-13-23(14-11-20)31-25(19-24(29-31)22-8-6-5-7-9-22)28(32)30(2)17-16-21-12-15-26(33-3)27(18-21)34-4/h5-15,18-19H,16-17H2,1-4H3. The van der Waals surface area contributed by atoms with Crippen molar-refractivity contribution in [1.82, 2.24) is 14.7 Å². The smallest absolute Gasteiger partial charge is 0.272 e. The van der Waals surface area contributed by atoms with Crippen molar-refractivity contribution in [1.29, 1.82) is 0 Å². The molecule has 4 aromatic rings. The van der Waals surface area contributed by atoms with Gasteiger partial charge in [0.2, 0.25) is 0 Å². The molecule has 0 fully saturated rings. The highest BCUT2D eigenvalue weighted by Crippen LogP contribution is 2.28. The molecular formula is C28H29N3O3. The van der Waals surface area contributed by atoms with E-state index >= 15 is 0 Å². The molecule has 0 N–H and O–H groups in total. The summed E-state index contributed by atoms with van der Waals surface area (Å²) in [7, 11) is 5.05. The Morgan fingerprint density at radius 2 is 1.62 bits per heavy atom. The normalized spacial score (nSPS) is 10.7. The Hall–Kier alpha value is -4.06. The number of methoxy groups -OCH3 is 2. The van der Waals surface area contributed by atoms with Gasteiger partial charge in [0.15, 0.2) is 11.5 Å².